The molecule has 9 nitrogen and oxygen atoms in total. The Hall–Kier alpha value is -4.31. The average Bonchev–Trinajstić information content (AvgIpc) is 3.00. The minimum absolute atomic E-state index is 0.0711. The number of thioether (sulfide) groups is 1. The number of piperidine rings is 1. The average molecular weight is 575 g/mol. The molecule has 0 atom stereocenters. The molecule has 10 heteroatoms. The minimum atomic E-state index is -0.843. The molecule has 0 spiro atoms. The number of carbonyl (C=O) groups is 3. The van der Waals surface area contributed by atoms with Crippen LogP contribution in [0.3, 0.4) is 0 Å². The maximum Gasteiger partial charge on any atom is 0.349 e. The van der Waals surface area contributed by atoms with Crippen molar-refractivity contribution in [2.75, 3.05) is 35.8 Å². The number of anilines is 2. The van der Waals surface area contributed by atoms with Gasteiger partial charge in [0.05, 0.1) is 25.4 Å². The molecule has 3 aromatic carbocycles. The Bertz CT molecular complexity index is 1360. The van der Waals surface area contributed by atoms with Gasteiger partial charge in [-0.1, -0.05) is 12.1 Å². The van der Waals surface area contributed by atoms with E-state index in [0.29, 0.717) is 28.5 Å². The number of nitrogens with zero attached hydrogens (tertiary/aromatic N) is 3. The lowest BCUT2D eigenvalue weighted by atomic mass is 10.1. The van der Waals surface area contributed by atoms with Crippen molar-refractivity contribution in [3.05, 3.63) is 89.5 Å². The normalized spacial score (nSPS) is 13.1. The summed E-state index contributed by atoms with van der Waals surface area (Å²) >= 11 is 1.48. The van der Waals surface area contributed by atoms with Gasteiger partial charge in [-0.2, -0.15) is 16.9 Å². The van der Waals surface area contributed by atoms with Gasteiger partial charge in [0.15, 0.2) is 0 Å². The van der Waals surface area contributed by atoms with E-state index in [1.807, 2.05) is 18.2 Å². The number of hydrogen-bond acceptors (Lipinski definition) is 7. The summed E-state index contributed by atoms with van der Waals surface area (Å²) in [5.41, 5.74) is 5.93. The SMILES string of the molecule is COc1ccc(C=NNC(=O)N(C(=O)c2cccc(CSCCC(=O)O)c2)c2ccc(N3CCCCC3)cc2)cc1. The van der Waals surface area contributed by atoms with Crippen molar-refractivity contribution in [1.29, 1.82) is 0 Å². The largest absolute Gasteiger partial charge is 0.497 e. The number of benzene rings is 3. The standard InChI is InChI=1S/C31H34N4O5S/c1-40-28-14-8-23(9-15-28)21-32-33-31(39)35(27-12-10-26(11-13-27)34-17-3-2-4-18-34)30(38)25-7-5-6-24(20-25)22-41-19-16-29(36)37/h5-15,20-21H,2-4,16-19,22H2,1H3,(H,33,39)(H,36,37). The second kappa shape index (κ2) is 14.9. The number of rotatable bonds is 11. The Morgan fingerprint density at radius 3 is 2.44 bits per heavy atom. The van der Waals surface area contributed by atoms with Gasteiger partial charge in [0.1, 0.15) is 5.75 Å². The fourth-order valence-electron chi connectivity index (χ4n) is 4.47. The zero-order valence-electron chi connectivity index (χ0n) is 23.0. The first kappa shape index (κ1) is 29.7. The number of methoxy groups -OCH3 is 1. The van der Waals surface area contributed by atoms with Crippen molar-refractivity contribution in [3.63, 3.8) is 0 Å². The third-order valence-corrected chi connectivity index (χ3v) is 7.66. The Balaban J connectivity index is 1.54. The Morgan fingerprint density at radius 2 is 1.76 bits per heavy atom. The number of imide groups is 1. The van der Waals surface area contributed by atoms with Crippen LogP contribution in [0.1, 0.15) is 47.2 Å². The number of ether oxygens (including phenoxy) is 1. The molecule has 0 radical (unpaired) electrons. The van der Waals surface area contributed by atoms with Crippen LogP contribution >= 0.6 is 11.8 Å². The lowest BCUT2D eigenvalue weighted by Gasteiger charge is -2.29. The van der Waals surface area contributed by atoms with E-state index in [1.165, 1.54) is 24.4 Å². The Labute approximate surface area is 244 Å². The smallest absolute Gasteiger partial charge is 0.349 e. The Morgan fingerprint density at radius 1 is 1.02 bits per heavy atom. The van der Waals surface area contributed by atoms with Gasteiger partial charge in [0.2, 0.25) is 0 Å². The molecule has 1 fully saturated rings. The summed E-state index contributed by atoms with van der Waals surface area (Å²) in [6.07, 6.45) is 5.08. The molecule has 2 N–H and O–H groups in total. The zero-order valence-corrected chi connectivity index (χ0v) is 23.8. The number of hydrogen-bond donors (Lipinski definition) is 2. The molecule has 1 aliphatic rings. The molecule has 0 unspecified atom stereocenters. The second-order valence-corrected chi connectivity index (χ2v) is 10.7. The van der Waals surface area contributed by atoms with Crippen LogP contribution in [0.4, 0.5) is 16.2 Å². The van der Waals surface area contributed by atoms with Crippen LogP contribution in [0.25, 0.3) is 0 Å². The molecule has 0 saturated carbocycles. The first-order valence-electron chi connectivity index (χ1n) is 13.5. The van der Waals surface area contributed by atoms with Crippen molar-refractivity contribution in [2.45, 2.75) is 31.4 Å². The van der Waals surface area contributed by atoms with E-state index < -0.39 is 17.9 Å². The molecule has 3 aromatic rings. The summed E-state index contributed by atoms with van der Waals surface area (Å²) in [6, 6.07) is 21.0. The van der Waals surface area contributed by atoms with Gasteiger partial charge in [-0.15, -0.1) is 0 Å². The second-order valence-electron chi connectivity index (χ2n) is 9.55. The van der Waals surface area contributed by atoms with E-state index >= 15 is 0 Å². The van der Waals surface area contributed by atoms with E-state index in [2.05, 4.69) is 15.4 Å². The van der Waals surface area contributed by atoms with Crippen LogP contribution in [-0.4, -0.2) is 55.2 Å². The van der Waals surface area contributed by atoms with E-state index in [9.17, 15) is 14.4 Å². The lowest BCUT2D eigenvalue weighted by Crippen LogP contribution is -2.42. The van der Waals surface area contributed by atoms with Crippen LogP contribution in [0, 0.1) is 0 Å². The maximum atomic E-state index is 13.8. The molecule has 0 aromatic heterocycles. The van der Waals surface area contributed by atoms with E-state index in [4.69, 9.17) is 9.84 Å². The Kier molecular flexibility index (Phi) is 10.8. The quantitative estimate of drug-likeness (QED) is 0.170. The topological polar surface area (TPSA) is 112 Å². The zero-order chi connectivity index (χ0) is 29.0. The van der Waals surface area contributed by atoms with Crippen LogP contribution < -0.4 is 20.0 Å². The van der Waals surface area contributed by atoms with Gasteiger partial charge >= 0.3 is 12.0 Å². The molecule has 0 aliphatic carbocycles. The molecule has 1 aliphatic heterocycles. The van der Waals surface area contributed by atoms with Gasteiger partial charge in [0.25, 0.3) is 5.91 Å². The number of urea groups is 1. The van der Waals surface area contributed by atoms with Crippen molar-refractivity contribution >= 4 is 47.3 Å². The van der Waals surface area contributed by atoms with Crippen LogP contribution in [-0.2, 0) is 10.5 Å². The number of aliphatic carboxylic acids is 1. The molecule has 1 heterocycles. The third-order valence-electron chi connectivity index (χ3n) is 6.63. The highest BCUT2D eigenvalue weighted by atomic mass is 32.2. The number of nitrogens with one attached hydrogen (secondary N) is 1. The number of carboxylic acid groups (broad SMARTS) is 1. The van der Waals surface area contributed by atoms with E-state index in [1.54, 1.807) is 61.7 Å². The lowest BCUT2D eigenvalue weighted by molar-refractivity contribution is -0.136. The number of hydrazone groups is 1. The highest BCUT2D eigenvalue weighted by Crippen LogP contribution is 2.25. The molecule has 3 amide bonds. The first-order chi connectivity index (χ1) is 19.9. The van der Waals surface area contributed by atoms with E-state index in [-0.39, 0.29) is 6.42 Å². The first-order valence-corrected chi connectivity index (χ1v) is 14.6. The fourth-order valence-corrected chi connectivity index (χ4v) is 5.34. The van der Waals surface area contributed by atoms with E-state index in [0.717, 1.165) is 47.6 Å². The fraction of sp³-hybridized carbons (Fsp3) is 0.290. The van der Waals surface area contributed by atoms with Gasteiger partial charge in [0, 0.05) is 35.8 Å². The van der Waals surface area contributed by atoms with Crippen LogP contribution in [0.2, 0.25) is 0 Å². The number of carbonyl (C=O) groups excluding carboxylic acids is 2. The minimum Gasteiger partial charge on any atom is -0.497 e. The summed E-state index contributed by atoms with van der Waals surface area (Å²) in [6.45, 7) is 1.97. The number of amides is 3. The summed E-state index contributed by atoms with van der Waals surface area (Å²) < 4.78 is 5.17. The predicted octanol–water partition coefficient (Wildman–Crippen LogP) is 5.78. The molecule has 0 bridgehead atoms. The van der Waals surface area contributed by atoms with Crippen LogP contribution in [0.5, 0.6) is 5.75 Å². The summed E-state index contributed by atoms with van der Waals surface area (Å²) in [4.78, 5) is 41.3. The maximum absolute atomic E-state index is 13.8. The monoisotopic (exact) mass is 574 g/mol. The van der Waals surface area contributed by atoms with Gasteiger partial charge in [-0.05, 0) is 91.1 Å². The molecular weight excluding hydrogens is 540 g/mol. The molecule has 41 heavy (non-hydrogen) atoms. The predicted molar refractivity (Wildman–Crippen MR) is 163 cm³/mol. The summed E-state index contributed by atoms with van der Waals surface area (Å²) in [5.74, 6) is 0.391. The molecule has 1 saturated heterocycles. The third kappa shape index (κ3) is 8.59. The molecular formula is C31H34N4O5S. The van der Waals surface area contributed by atoms with Gasteiger partial charge in [-0.25, -0.2) is 15.1 Å². The van der Waals surface area contributed by atoms with Crippen molar-refractivity contribution in [3.8, 4) is 5.75 Å². The highest BCUT2D eigenvalue weighted by molar-refractivity contribution is 7.98. The summed E-state index contributed by atoms with van der Waals surface area (Å²) in [5, 5.41) is 12.9. The van der Waals surface area contributed by atoms with Crippen molar-refractivity contribution in [2.24, 2.45) is 5.10 Å². The van der Waals surface area contributed by atoms with Crippen molar-refractivity contribution < 1.29 is 24.2 Å². The molecule has 4 rings (SSSR count). The van der Waals surface area contributed by atoms with Gasteiger partial charge < -0.3 is 14.7 Å². The van der Waals surface area contributed by atoms with Gasteiger partial charge in [-0.3, -0.25) is 9.59 Å². The van der Waals surface area contributed by atoms with Crippen LogP contribution in [0.15, 0.2) is 77.9 Å². The number of carboxylic acids is 1. The highest BCUT2D eigenvalue weighted by Gasteiger charge is 2.25. The van der Waals surface area contributed by atoms with Crippen molar-refractivity contribution in [1.82, 2.24) is 5.43 Å². The molecule has 214 valence electrons. The summed E-state index contributed by atoms with van der Waals surface area (Å²) in [7, 11) is 1.59.